The van der Waals surface area contributed by atoms with Crippen molar-refractivity contribution in [3.8, 4) is 0 Å². The highest BCUT2D eigenvalue weighted by atomic mass is 32.2. The van der Waals surface area contributed by atoms with Crippen LogP contribution in [0, 0.1) is 0 Å². The van der Waals surface area contributed by atoms with Crippen LogP contribution in [0.3, 0.4) is 0 Å². The lowest BCUT2D eigenvalue weighted by atomic mass is 10.1. The van der Waals surface area contributed by atoms with Gasteiger partial charge in [0, 0.05) is 25.6 Å². The average molecular weight is 397 g/mol. The van der Waals surface area contributed by atoms with Crippen LogP contribution in [0.5, 0.6) is 0 Å². The third-order valence-corrected chi connectivity index (χ3v) is 5.32. The zero-order valence-corrected chi connectivity index (χ0v) is 17.8. The van der Waals surface area contributed by atoms with Gasteiger partial charge in [-0.3, -0.25) is 0 Å². The van der Waals surface area contributed by atoms with Crippen LogP contribution in [0.15, 0.2) is 29.2 Å². The molecule has 1 amide bonds. The average Bonchev–Trinajstić information content (AvgIpc) is 2.62. The summed E-state index contributed by atoms with van der Waals surface area (Å²) < 4.78 is 19.9. The van der Waals surface area contributed by atoms with Crippen LogP contribution in [-0.4, -0.2) is 45.6 Å². The van der Waals surface area contributed by atoms with Crippen LogP contribution in [0.4, 0.5) is 4.79 Å². The molecule has 1 aromatic carbocycles. The highest BCUT2D eigenvalue weighted by molar-refractivity contribution is 7.82. The van der Waals surface area contributed by atoms with Crippen molar-refractivity contribution >= 4 is 23.4 Å². The fraction of sp³-hybridized carbons (Fsp3) is 0.600. The van der Waals surface area contributed by atoms with E-state index in [2.05, 4.69) is 5.32 Å². The molecule has 1 aliphatic heterocycles. The summed E-state index contributed by atoms with van der Waals surface area (Å²) in [5, 5.41) is 2.87. The van der Waals surface area contributed by atoms with Crippen LogP contribution in [0.1, 0.15) is 53.0 Å². The number of aldehydes is 1. The molecule has 7 heteroatoms. The van der Waals surface area contributed by atoms with Gasteiger partial charge in [-0.15, -0.1) is 0 Å². The summed E-state index contributed by atoms with van der Waals surface area (Å²) in [5.41, 5.74) is 0.348. The van der Waals surface area contributed by atoms with Gasteiger partial charge in [-0.2, -0.15) is 0 Å². The van der Waals surface area contributed by atoms with Gasteiger partial charge in [0.25, 0.3) is 0 Å². The molecule has 0 spiro atoms. The van der Waals surface area contributed by atoms with E-state index in [9.17, 15) is 13.8 Å². The largest absolute Gasteiger partial charge is 0.444 e. The summed E-state index contributed by atoms with van der Waals surface area (Å²) in [6.45, 7) is 10.8. The van der Waals surface area contributed by atoms with Crippen LogP contribution < -0.4 is 5.32 Å². The van der Waals surface area contributed by atoms with E-state index in [0.29, 0.717) is 24.4 Å². The fourth-order valence-electron chi connectivity index (χ4n) is 2.67. The maximum absolute atomic E-state index is 12.7. The monoisotopic (exact) mass is 396 g/mol. The first kappa shape index (κ1) is 23.3. The minimum atomic E-state index is -1.25. The summed E-state index contributed by atoms with van der Waals surface area (Å²) in [7, 11) is -1.25. The lowest BCUT2D eigenvalue weighted by Crippen LogP contribution is -2.46. The van der Waals surface area contributed by atoms with Crippen molar-refractivity contribution in [2.45, 2.75) is 70.4 Å². The van der Waals surface area contributed by atoms with Gasteiger partial charge >= 0.3 is 6.09 Å². The Morgan fingerprint density at radius 1 is 1.30 bits per heavy atom. The molecule has 0 aromatic heterocycles. The summed E-state index contributed by atoms with van der Waals surface area (Å²) in [6, 6.07) is 7.34. The molecule has 1 unspecified atom stereocenters. The normalized spacial score (nSPS) is 16.6. The van der Waals surface area contributed by atoms with Gasteiger partial charge < -0.3 is 14.8 Å². The molecule has 6 nitrogen and oxygen atoms in total. The van der Waals surface area contributed by atoms with Crippen molar-refractivity contribution in [2.24, 2.45) is 0 Å². The van der Waals surface area contributed by atoms with Crippen molar-refractivity contribution in [1.29, 1.82) is 0 Å². The minimum absolute atomic E-state index is 0.0319. The summed E-state index contributed by atoms with van der Waals surface area (Å²) in [6.07, 6.45) is 2.20. The Balaban J connectivity index is 0.00000176. The molecular weight excluding hydrogens is 364 g/mol. The summed E-state index contributed by atoms with van der Waals surface area (Å²) >= 11 is 0. The van der Waals surface area contributed by atoms with Crippen molar-refractivity contribution in [2.75, 3.05) is 13.1 Å². The Kier molecular flexibility index (Phi) is 9.66. The lowest BCUT2D eigenvalue weighted by Gasteiger charge is -2.31. The van der Waals surface area contributed by atoms with E-state index in [1.165, 1.54) is 0 Å². The number of benzene rings is 1. The SMILES string of the molecule is CC.CC(C)(C)OC(=O)NC1CCN(S(=O)c2cccc(CC=O)c2)CC1. The number of hydrogen-bond donors (Lipinski definition) is 1. The second kappa shape index (κ2) is 11.2. The van der Waals surface area contributed by atoms with Gasteiger partial charge in [0.1, 0.15) is 22.9 Å². The molecule has 0 bridgehead atoms. The van der Waals surface area contributed by atoms with Gasteiger partial charge in [-0.05, 0) is 51.3 Å². The third-order valence-electron chi connectivity index (χ3n) is 3.83. The van der Waals surface area contributed by atoms with Gasteiger partial charge in [-0.25, -0.2) is 13.3 Å². The smallest absolute Gasteiger partial charge is 0.407 e. The van der Waals surface area contributed by atoms with E-state index in [1.54, 1.807) is 0 Å². The quantitative estimate of drug-likeness (QED) is 0.773. The highest BCUT2D eigenvalue weighted by Crippen LogP contribution is 2.19. The second-order valence-electron chi connectivity index (χ2n) is 7.12. The minimum Gasteiger partial charge on any atom is -0.444 e. The van der Waals surface area contributed by atoms with Crippen molar-refractivity contribution in [3.05, 3.63) is 29.8 Å². The molecule has 0 aliphatic carbocycles. The van der Waals surface area contributed by atoms with E-state index in [4.69, 9.17) is 4.74 Å². The Labute approximate surface area is 165 Å². The maximum Gasteiger partial charge on any atom is 0.407 e. The maximum atomic E-state index is 12.7. The first-order valence-corrected chi connectivity index (χ1v) is 10.6. The highest BCUT2D eigenvalue weighted by Gasteiger charge is 2.26. The summed E-state index contributed by atoms with van der Waals surface area (Å²) in [5.74, 6) is 0. The van der Waals surface area contributed by atoms with Crippen LogP contribution >= 0.6 is 0 Å². The number of piperidine rings is 1. The topological polar surface area (TPSA) is 75.7 Å². The molecule has 1 N–H and O–H groups in total. The Morgan fingerprint density at radius 3 is 2.48 bits per heavy atom. The molecule has 1 aromatic rings. The number of nitrogens with zero attached hydrogens (tertiary/aromatic N) is 1. The molecular formula is C20H32N2O4S. The Bertz CT molecular complexity index is 635. The van der Waals surface area contributed by atoms with Crippen molar-refractivity contribution < 1.29 is 18.5 Å². The van der Waals surface area contributed by atoms with Crippen molar-refractivity contribution in [3.63, 3.8) is 0 Å². The zero-order chi connectivity index (χ0) is 20.4. The number of rotatable bonds is 5. The van der Waals surface area contributed by atoms with E-state index in [1.807, 2.05) is 63.2 Å². The van der Waals surface area contributed by atoms with E-state index >= 15 is 0 Å². The van der Waals surface area contributed by atoms with Crippen LogP contribution in [0.25, 0.3) is 0 Å². The zero-order valence-electron chi connectivity index (χ0n) is 17.0. The predicted molar refractivity (Wildman–Crippen MR) is 108 cm³/mol. The van der Waals surface area contributed by atoms with E-state index in [0.717, 1.165) is 24.7 Å². The molecule has 2 rings (SSSR count). The Morgan fingerprint density at radius 2 is 1.93 bits per heavy atom. The van der Waals surface area contributed by atoms with Crippen molar-refractivity contribution in [1.82, 2.24) is 9.62 Å². The van der Waals surface area contributed by atoms with Crippen LogP contribution in [0.2, 0.25) is 0 Å². The molecule has 1 fully saturated rings. The first-order chi connectivity index (χ1) is 12.8. The molecule has 27 heavy (non-hydrogen) atoms. The Hall–Kier alpha value is -1.73. The number of hydrogen-bond acceptors (Lipinski definition) is 4. The van der Waals surface area contributed by atoms with Gasteiger partial charge in [0.05, 0.1) is 4.90 Å². The molecule has 1 saturated heterocycles. The van der Waals surface area contributed by atoms with Gasteiger partial charge in [-0.1, -0.05) is 26.0 Å². The molecule has 1 aliphatic rings. The third kappa shape index (κ3) is 8.22. The van der Waals surface area contributed by atoms with E-state index in [-0.39, 0.29) is 6.04 Å². The van der Waals surface area contributed by atoms with Crippen LogP contribution in [-0.2, 0) is 26.9 Å². The molecule has 1 heterocycles. The predicted octanol–water partition coefficient (Wildman–Crippen LogP) is 3.47. The number of carbonyl (C=O) groups excluding carboxylic acids is 2. The number of carbonyl (C=O) groups is 2. The number of alkyl carbamates (subject to hydrolysis) is 1. The molecule has 0 radical (unpaired) electrons. The first-order valence-electron chi connectivity index (χ1n) is 9.47. The summed E-state index contributed by atoms with van der Waals surface area (Å²) in [4.78, 5) is 23.2. The number of ether oxygens (including phenoxy) is 1. The van der Waals surface area contributed by atoms with E-state index < -0.39 is 22.7 Å². The standard InChI is InChI=1S/C18H26N2O4S.C2H6/c1-18(2,3)24-17(22)19-15-7-10-20(11-8-15)25(23)16-6-4-5-14(13-16)9-12-21;1-2/h4-6,12-13,15H,7-11H2,1-3H3,(H,19,22);1-2H3. The second-order valence-corrected chi connectivity index (χ2v) is 8.60. The number of nitrogens with one attached hydrogen (secondary N) is 1. The number of amides is 1. The van der Waals surface area contributed by atoms with Gasteiger partial charge in [0.15, 0.2) is 0 Å². The lowest BCUT2D eigenvalue weighted by molar-refractivity contribution is -0.107. The van der Waals surface area contributed by atoms with Gasteiger partial charge in [0.2, 0.25) is 0 Å². The fourth-order valence-corrected chi connectivity index (χ4v) is 3.95. The molecule has 1 atom stereocenters. The molecule has 152 valence electrons. The molecule has 0 saturated carbocycles.